The maximum Gasteiger partial charge on any atom is 0.435 e. The van der Waals surface area contributed by atoms with E-state index < -0.39 is 95.2 Å². The number of nitrogens with two attached hydrogens (primary N) is 2. The van der Waals surface area contributed by atoms with Crippen LogP contribution in [-0.2, 0) is 36.3 Å². The monoisotopic (exact) mass is 907 g/mol. The zero-order chi connectivity index (χ0) is 45.1. The lowest BCUT2D eigenvalue weighted by Gasteiger charge is -2.29. The number of hydrazine groups is 1. The van der Waals surface area contributed by atoms with Crippen LogP contribution in [-0.4, -0.2) is 44.1 Å². The lowest BCUT2D eigenvalue weighted by molar-refractivity contribution is -0.142. The third-order valence-electron chi connectivity index (χ3n) is 9.51. The number of pyridine rings is 1. The fourth-order valence-corrected chi connectivity index (χ4v) is 7.41. The first-order valence-corrected chi connectivity index (χ1v) is 20.3. The quantitative estimate of drug-likeness (QED) is 0.0368. The van der Waals surface area contributed by atoms with Crippen molar-refractivity contribution < 1.29 is 44.3 Å². The molecule has 60 heavy (non-hydrogen) atoms. The molecule has 0 saturated carbocycles. The Labute approximate surface area is 356 Å². The number of hydrogen-bond donors (Lipinski definition) is 4. The molecule has 0 saturated heterocycles. The van der Waals surface area contributed by atoms with Crippen molar-refractivity contribution in [3.8, 4) is 23.0 Å². The lowest BCUT2D eigenvalue weighted by atomic mass is 9.92. The Hall–Kier alpha value is -4.09. The van der Waals surface area contributed by atoms with Crippen LogP contribution in [0.15, 0.2) is 42.5 Å². The Morgan fingerprint density at radius 2 is 1.70 bits per heavy atom. The number of nitrogens with zero attached hydrogens (tertiary/aromatic N) is 4. The Kier molecular flexibility index (Phi) is 15.3. The molecule has 5 N–H and O–H groups in total. The largest absolute Gasteiger partial charge is 0.435 e. The molecular formula is C40H43ClF9N7OS2. The maximum absolute atomic E-state index is 15.2. The van der Waals surface area contributed by atoms with E-state index in [2.05, 4.69) is 40.2 Å². The SMILES string of the molecule is CCc1c(Cl)ccc(-c2ccc(C#CC(C)(C)SC)nc2C(Cc2cc(F)cc(F)c2)NC(=O)Cn2nc(C(F)(F)F)c3c2C(F)(F)C[C@@H]3C)c1N(N)CC(C)(F)F.NS. The molecule has 0 bridgehead atoms. The van der Waals surface area contributed by atoms with Crippen LogP contribution in [0.3, 0.4) is 0 Å². The molecule has 1 unspecified atom stereocenters. The minimum atomic E-state index is -5.11. The number of hydrogen-bond acceptors (Lipinski definition) is 8. The molecule has 0 radical (unpaired) electrons. The van der Waals surface area contributed by atoms with Crippen molar-refractivity contribution in [1.29, 1.82) is 0 Å². The summed E-state index contributed by atoms with van der Waals surface area (Å²) in [6.45, 7) is 5.24. The fourth-order valence-electron chi connectivity index (χ4n) is 6.97. The summed E-state index contributed by atoms with van der Waals surface area (Å²) in [4.78, 5) is 18.7. The summed E-state index contributed by atoms with van der Waals surface area (Å²) in [5.41, 5.74) is -2.37. The van der Waals surface area contributed by atoms with Gasteiger partial charge < -0.3 is 10.3 Å². The van der Waals surface area contributed by atoms with E-state index in [0.717, 1.165) is 17.1 Å². The average Bonchev–Trinajstić information content (AvgIpc) is 3.65. The summed E-state index contributed by atoms with van der Waals surface area (Å²) in [5, 5.41) is 11.3. The zero-order valence-electron chi connectivity index (χ0n) is 33.2. The molecule has 2 heterocycles. The standard InChI is InChI=1S/C40H40ClF9N6OS.H3NS/c1-7-26-29(41)11-10-28(34(26)55(51)20-38(5,44)45)27-9-8-25(12-13-37(3,4)58-6)52-33(27)30(16-22-14-23(42)17-24(43)15-22)53-31(57)19-56-36-32(21(2)18-39(36,46)47)35(54-56)40(48,49)50;1-2/h8-11,14-15,17,21,30H,7,16,18-20,51H2,1-6H3,(H,53,57);2H,1H2/t21-,30?;/m0./s1. The van der Waals surface area contributed by atoms with Gasteiger partial charge in [0.05, 0.1) is 28.7 Å². The van der Waals surface area contributed by atoms with Gasteiger partial charge in [0, 0.05) is 41.1 Å². The average molecular weight is 908 g/mol. The van der Waals surface area contributed by atoms with Gasteiger partial charge in [0.25, 0.3) is 11.8 Å². The lowest BCUT2D eigenvalue weighted by Crippen LogP contribution is -2.41. The molecule has 326 valence electrons. The molecule has 1 aliphatic carbocycles. The number of aromatic nitrogens is 3. The van der Waals surface area contributed by atoms with Crippen LogP contribution in [0.25, 0.3) is 11.1 Å². The van der Waals surface area contributed by atoms with E-state index in [9.17, 15) is 35.5 Å². The van der Waals surface area contributed by atoms with E-state index in [1.807, 2.05) is 20.1 Å². The predicted octanol–water partition coefficient (Wildman–Crippen LogP) is 9.78. The molecule has 5 rings (SSSR count). The number of carbonyl (C=O) groups excluding carboxylic acids is 1. The van der Waals surface area contributed by atoms with Crippen LogP contribution in [0, 0.1) is 23.5 Å². The topological polar surface area (TPSA) is 115 Å². The van der Waals surface area contributed by atoms with E-state index >= 15 is 8.78 Å². The third kappa shape index (κ3) is 11.4. The summed E-state index contributed by atoms with van der Waals surface area (Å²) in [6.07, 6.45) is -4.38. The van der Waals surface area contributed by atoms with E-state index in [-0.39, 0.29) is 45.2 Å². The number of alkyl halides is 7. The first-order valence-electron chi connectivity index (χ1n) is 18.2. The van der Waals surface area contributed by atoms with Crippen LogP contribution in [0.5, 0.6) is 0 Å². The van der Waals surface area contributed by atoms with Gasteiger partial charge in [-0.2, -0.15) is 27.1 Å². The van der Waals surface area contributed by atoms with Crippen molar-refractivity contribution in [1.82, 2.24) is 20.1 Å². The highest BCUT2D eigenvalue weighted by Gasteiger charge is 2.53. The molecule has 2 atom stereocenters. The number of anilines is 1. The number of halogens is 10. The van der Waals surface area contributed by atoms with Gasteiger partial charge in [0.1, 0.15) is 29.6 Å². The molecule has 0 spiro atoms. The van der Waals surface area contributed by atoms with Gasteiger partial charge in [-0.25, -0.2) is 28.4 Å². The first-order chi connectivity index (χ1) is 27.8. The minimum absolute atomic E-state index is 0.00750. The van der Waals surface area contributed by atoms with E-state index in [4.69, 9.17) is 22.4 Å². The summed E-state index contributed by atoms with van der Waals surface area (Å²) in [6, 6.07) is 7.23. The highest BCUT2D eigenvalue weighted by molar-refractivity contribution is 8.00. The second-order valence-corrected chi connectivity index (χ2v) is 16.6. The maximum atomic E-state index is 15.2. The van der Waals surface area contributed by atoms with Crippen molar-refractivity contribution in [2.24, 2.45) is 11.0 Å². The van der Waals surface area contributed by atoms with Crippen LogP contribution in [0.4, 0.5) is 45.2 Å². The predicted molar refractivity (Wildman–Crippen MR) is 219 cm³/mol. The van der Waals surface area contributed by atoms with E-state index in [1.54, 1.807) is 6.92 Å². The van der Waals surface area contributed by atoms with Crippen molar-refractivity contribution in [2.75, 3.05) is 17.8 Å². The number of nitrogens with one attached hydrogen (secondary N) is 1. The second kappa shape index (κ2) is 18.9. The molecule has 0 fully saturated rings. The molecule has 2 aromatic heterocycles. The molecule has 1 amide bonds. The number of thiol groups is 1. The van der Waals surface area contributed by atoms with E-state index in [1.165, 1.54) is 43.0 Å². The Bertz CT molecular complexity index is 2250. The van der Waals surface area contributed by atoms with Gasteiger partial charge in [-0.05, 0) is 86.2 Å². The summed E-state index contributed by atoms with van der Waals surface area (Å²) in [5.74, 6) is 1.05. The van der Waals surface area contributed by atoms with Crippen LogP contribution in [0.1, 0.15) is 92.5 Å². The second-order valence-electron chi connectivity index (χ2n) is 14.7. The molecular weight excluding hydrogens is 865 g/mol. The third-order valence-corrected chi connectivity index (χ3v) is 11.0. The molecule has 20 heteroatoms. The van der Waals surface area contributed by atoms with Gasteiger partial charge >= 0.3 is 6.18 Å². The number of amides is 1. The van der Waals surface area contributed by atoms with Crippen molar-refractivity contribution in [3.63, 3.8) is 0 Å². The summed E-state index contributed by atoms with van der Waals surface area (Å²) < 4.78 is 130. The number of rotatable bonds is 12. The first kappa shape index (κ1) is 48.6. The number of benzene rings is 2. The van der Waals surface area contributed by atoms with Crippen molar-refractivity contribution in [3.05, 3.63) is 98.6 Å². The van der Waals surface area contributed by atoms with Crippen LogP contribution >= 0.6 is 36.2 Å². The molecule has 1 aliphatic rings. The number of carbonyl (C=O) groups is 1. The van der Waals surface area contributed by atoms with Crippen LogP contribution < -0.4 is 21.3 Å². The Balaban J connectivity index is 0.00000391. The fraction of sp³-hybridized carbons (Fsp3) is 0.425. The van der Waals surface area contributed by atoms with Crippen LogP contribution in [0.2, 0.25) is 5.02 Å². The molecule has 4 aromatic rings. The van der Waals surface area contributed by atoms with Gasteiger partial charge in [0.2, 0.25) is 5.91 Å². The van der Waals surface area contributed by atoms with E-state index in [0.29, 0.717) is 23.2 Å². The van der Waals surface area contributed by atoms with Gasteiger partial charge in [0.15, 0.2) is 5.69 Å². The van der Waals surface area contributed by atoms with Crippen molar-refractivity contribution >= 4 is 47.8 Å². The number of fused-ring (bicyclic) bond motifs is 1. The number of thioether (sulfide) groups is 1. The molecule has 8 nitrogen and oxygen atoms in total. The highest BCUT2D eigenvalue weighted by Crippen LogP contribution is 2.52. The minimum Gasteiger partial charge on any atom is -0.346 e. The van der Waals surface area contributed by atoms with Gasteiger partial charge in [-0.1, -0.05) is 37.4 Å². The highest BCUT2D eigenvalue weighted by atomic mass is 35.5. The van der Waals surface area contributed by atoms with Gasteiger partial charge in [-0.3, -0.25) is 14.6 Å². The summed E-state index contributed by atoms with van der Waals surface area (Å²) in [7, 11) is 0. The zero-order valence-corrected chi connectivity index (χ0v) is 35.7. The smallest absolute Gasteiger partial charge is 0.346 e. The van der Waals surface area contributed by atoms with Crippen molar-refractivity contribution in [2.45, 2.75) is 95.2 Å². The molecule has 2 aromatic carbocycles. The normalized spacial score (nSPS) is 15.3. The Morgan fingerprint density at radius 3 is 2.27 bits per heavy atom. The summed E-state index contributed by atoms with van der Waals surface area (Å²) >= 11 is 11.0. The van der Waals surface area contributed by atoms with Gasteiger partial charge in [-0.15, -0.1) is 24.6 Å². The molecule has 0 aliphatic heterocycles. The Morgan fingerprint density at radius 1 is 1.08 bits per heavy atom.